The Morgan fingerprint density at radius 1 is 1.26 bits per heavy atom. The molecule has 1 aromatic rings. The SMILES string of the molecule is CCCNC(=S)NCCNc1ccc(C(F)(F)F)cc1[N+](=O)[O-]. The molecule has 0 spiro atoms. The molecule has 128 valence electrons. The van der Waals surface area contributed by atoms with Gasteiger partial charge in [-0.1, -0.05) is 6.92 Å². The van der Waals surface area contributed by atoms with E-state index in [4.69, 9.17) is 12.2 Å². The van der Waals surface area contributed by atoms with Crippen LogP contribution < -0.4 is 16.0 Å². The number of rotatable bonds is 7. The average Bonchev–Trinajstić information content (AvgIpc) is 2.48. The first-order chi connectivity index (χ1) is 10.8. The van der Waals surface area contributed by atoms with Crippen molar-refractivity contribution in [2.75, 3.05) is 25.0 Å². The number of nitro groups is 1. The number of anilines is 1. The predicted octanol–water partition coefficient (Wildman–Crippen LogP) is 2.90. The maximum absolute atomic E-state index is 12.6. The highest BCUT2D eigenvalue weighted by molar-refractivity contribution is 7.80. The van der Waals surface area contributed by atoms with Crippen LogP contribution in [0, 0.1) is 10.1 Å². The number of hydrogen-bond acceptors (Lipinski definition) is 4. The molecule has 1 aromatic carbocycles. The van der Waals surface area contributed by atoms with Crippen LogP contribution in [0.2, 0.25) is 0 Å². The van der Waals surface area contributed by atoms with Crippen LogP contribution >= 0.6 is 12.2 Å². The normalized spacial score (nSPS) is 11.0. The van der Waals surface area contributed by atoms with Gasteiger partial charge in [0.05, 0.1) is 10.5 Å². The van der Waals surface area contributed by atoms with E-state index in [0.29, 0.717) is 17.7 Å². The lowest BCUT2D eigenvalue weighted by Crippen LogP contribution is -2.38. The zero-order valence-corrected chi connectivity index (χ0v) is 13.2. The monoisotopic (exact) mass is 350 g/mol. The molecule has 0 amide bonds. The van der Waals surface area contributed by atoms with Gasteiger partial charge < -0.3 is 16.0 Å². The molecule has 0 unspecified atom stereocenters. The van der Waals surface area contributed by atoms with Crippen molar-refractivity contribution in [2.24, 2.45) is 0 Å². The minimum atomic E-state index is -4.62. The summed E-state index contributed by atoms with van der Waals surface area (Å²) >= 11 is 4.99. The molecule has 0 saturated carbocycles. The van der Waals surface area contributed by atoms with Crippen molar-refractivity contribution in [3.05, 3.63) is 33.9 Å². The molecule has 0 aliphatic rings. The predicted molar refractivity (Wildman–Crippen MR) is 85.5 cm³/mol. The number of alkyl halides is 3. The van der Waals surface area contributed by atoms with E-state index in [0.717, 1.165) is 25.1 Å². The molecule has 0 heterocycles. The van der Waals surface area contributed by atoms with Crippen molar-refractivity contribution in [1.82, 2.24) is 10.6 Å². The summed E-state index contributed by atoms with van der Waals surface area (Å²) in [5.74, 6) is 0. The molecule has 0 radical (unpaired) electrons. The van der Waals surface area contributed by atoms with Crippen molar-refractivity contribution >= 4 is 28.7 Å². The third-order valence-corrected chi connectivity index (χ3v) is 3.07. The molecule has 6 nitrogen and oxygen atoms in total. The molecule has 0 aromatic heterocycles. The number of nitrogens with zero attached hydrogens (tertiary/aromatic N) is 1. The van der Waals surface area contributed by atoms with Gasteiger partial charge in [-0.15, -0.1) is 0 Å². The summed E-state index contributed by atoms with van der Waals surface area (Å²) in [6.45, 7) is 3.35. The highest BCUT2D eigenvalue weighted by atomic mass is 32.1. The minimum Gasteiger partial charge on any atom is -0.378 e. The van der Waals surface area contributed by atoms with Crippen LogP contribution in [0.4, 0.5) is 24.5 Å². The fraction of sp³-hybridized carbons (Fsp3) is 0.462. The van der Waals surface area contributed by atoms with Gasteiger partial charge in [-0.3, -0.25) is 10.1 Å². The van der Waals surface area contributed by atoms with Crippen molar-refractivity contribution in [2.45, 2.75) is 19.5 Å². The van der Waals surface area contributed by atoms with E-state index < -0.39 is 22.4 Å². The summed E-state index contributed by atoms with van der Waals surface area (Å²) in [7, 11) is 0. The van der Waals surface area contributed by atoms with Crippen LogP contribution in [-0.2, 0) is 6.18 Å². The van der Waals surface area contributed by atoms with E-state index in [-0.39, 0.29) is 12.2 Å². The third kappa shape index (κ3) is 6.27. The molecule has 0 atom stereocenters. The van der Waals surface area contributed by atoms with Crippen molar-refractivity contribution in [3.8, 4) is 0 Å². The standard InChI is InChI=1S/C13H17F3N4O2S/c1-2-5-18-12(23)19-7-6-17-10-4-3-9(13(14,15)16)8-11(10)20(21)22/h3-4,8,17H,2,5-7H2,1H3,(H2,18,19,23). The van der Waals surface area contributed by atoms with E-state index >= 15 is 0 Å². The molecule has 0 saturated heterocycles. The average molecular weight is 350 g/mol. The fourth-order valence-electron chi connectivity index (χ4n) is 1.68. The molecule has 0 aliphatic heterocycles. The molecule has 0 fully saturated rings. The Labute approximate surface area is 136 Å². The number of halogens is 3. The number of benzene rings is 1. The van der Waals surface area contributed by atoms with Gasteiger partial charge in [0, 0.05) is 25.7 Å². The van der Waals surface area contributed by atoms with Crippen LogP contribution in [-0.4, -0.2) is 29.7 Å². The Morgan fingerprint density at radius 3 is 2.48 bits per heavy atom. The van der Waals surface area contributed by atoms with Gasteiger partial charge in [-0.25, -0.2) is 0 Å². The van der Waals surface area contributed by atoms with Crippen molar-refractivity contribution in [3.63, 3.8) is 0 Å². The van der Waals surface area contributed by atoms with E-state index in [1.54, 1.807) is 0 Å². The molecule has 0 aliphatic carbocycles. The first kappa shape index (κ1) is 18.9. The van der Waals surface area contributed by atoms with E-state index in [1.165, 1.54) is 0 Å². The summed E-state index contributed by atoms with van der Waals surface area (Å²) in [5, 5.41) is 19.9. The van der Waals surface area contributed by atoms with Crippen molar-refractivity contribution in [1.29, 1.82) is 0 Å². The highest BCUT2D eigenvalue weighted by Gasteiger charge is 2.32. The van der Waals surface area contributed by atoms with E-state index in [9.17, 15) is 23.3 Å². The van der Waals surface area contributed by atoms with Crippen LogP contribution in [0.15, 0.2) is 18.2 Å². The van der Waals surface area contributed by atoms with Crippen LogP contribution in [0.5, 0.6) is 0 Å². The number of nitro benzene ring substituents is 1. The summed E-state index contributed by atoms with van der Waals surface area (Å²) in [6.07, 6.45) is -3.71. The smallest absolute Gasteiger partial charge is 0.378 e. The largest absolute Gasteiger partial charge is 0.416 e. The molecular weight excluding hydrogens is 333 g/mol. The second kappa shape index (κ2) is 8.51. The Morgan fingerprint density at radius 2 is 1.91 bits per heavy atom. The van der Waals surface area contributed by atoms with Gasteiger partial charge in [0.1, 0.15) is 5.69 Å². The summed E-state index contributed by atoms with van der Waals surface area (Å²) in [5.41, 5.74) is -1.65. The first-order valence-electron chi connectivity index (χ1n) is 6.87. The summed E-state index contributed by atoms with van der Waals surface area (Å²) in [6, 6.07) is 2.37. The Hall–Kier alpha value is -2.10. The molecular formula is C13H17F3N4O2S. The van der Waals surface area contributed by atoms with Gasteiger partial charge in [0.2, 0.25) is 0 Å². The second-order valence-electron chi connectivity index (χ2n) is 4.60. The van der Waals surface area contributed by atoms with E-state index in [1.807, 2.05) is 6.92 Å². The highest BCUT2D eigenvalue weighted by Crippen LogP contribution is 2.34. The number of nitrogens with one attached hydrogen (secondary N) is 3. The van der Waals surface area contributed by atoms with Crippen LogP contribution in [0.25, 0.3) is 0 Å². The minimum absolute atomic E-state index is 0.0252. The Kier molecular flexibility index (Phi) is 7.01. The molecule has 3 N–H and O–H groups in total. The molecule has 1 rings (SSSR count). The van der Waals surface area contributed by atoms with Gasteiger partial charge in [-0.05, 0) is 30.8 Å². The molecule has 10 heteroatoms. The van der Waals surface area contributed by atoms with Gasteiger partial charge in [0.25, 0.3) is 5.69 Å². The number of thiocarbonyl (C=S) groups is 1. The van der Waals surface area contributed by atoms with Gasteiger partial charge in [0.15, 0.2) is 5.11 Å². The lowest BCUT2D eigenvalue weighted by molar-refractivity contribution is -0.384. The number of hydrogen-bond donors (Lipinski definition) is 3. The zero-order chi connectivity index (χ0) is 17.5. The maximum atomic E-state index is 12.6. The Balaban J connectivity index is 2.63. The third-order valence-electron chi connectivity index (χ3n) is 2.78. The zero-order valence-electron chi connectivity index (χ0n) is 12.4. The van der Waals surface area contributed by atoms with Gasteiger partial charge in [-0.2, -0.15) is 13.2 Å². The van der Waals surface area contributed by atoms with Crippen LogP contribution in [0.3, 0.4) is 0 Å². The van der Waals surface area contributed by atoms with Crippen molar-refractivity contribution < 1.29 is 18.1 Å². The first-order valence-corrected chi connectivity index (χ1v) is 7.27. The molecule has 0 bridgehead atoms. The Bertz CT molecular complexity index is 567. The summed E-state index contributed by atoms with van der Waals surface area (Å²) < 4.78 is 37.8. The van der Waals surface area contributed by atoms with E-state index in [2.05, 4.69) is 16.0 Å². The lowest BCUT2D eigenvalue weighted by atomic mass is 10.1. The second-order valence-corrected chi connectivity index (χ2v) is 5.00. The molecule has 23 heavy (non-hydrogen) atoms. The summed E-state index contributed by atoms with van der Waals surface area (Å²) in [4.78, 5) is 10.1. The maximum Gasteiger partial charge on any atom is 0.416 e. The topological polar surface area (TPSA) is 79.2 Å². The lowest BCUT2D eigenvalue weighted by Gasteiger charge is -2.12. The fourth-order valence-corrected chi connectivity index (χ4v) is 1.89. The van der Waals surface area contributed by atoms with Gasteiger partial charge >= 0.3 is 6.18 Å². The van der Waals surface area contributed by atoms with Crippen LogP contribution in [0.1, 0.15) is 18.9 Å². The quantitative estimate of drug-likeness (QED) is 0.304.